The van der Waals surface area contributed by atoms with Gasteiger partial charge in [-0.1, -0.05) is 13.8 Å². The van der Waals surface area contributed by atoms with Crippen LogP contribution >= 0.6 is 35.7 Å². The molecule has 1 heterocycles. The van der Waals surface area contributed by atoms with Crippen LogP contribution in [-0.2, 0) is 4.74 Å². The molecule has 0 bridgehead atoms. The number of aliphatic imine (C=N–C) groups is 1. The van der Waals surface area contributed by atoms with Gasteiger partial charge in [-0.25, -0.2) is 0 Å². The maximum atomic E-state index is 5.25. The monoisotopic (exact) mass is 455 g/mol. The largest absolute Gasteiger partial charge is 0.385 e. The first-order valence-corrected chi connectivity index (χ1v) is 9.79. The van der Waals surface area contributed by atoms with E-state index in [1.54, 1.807) is 7.11 Å². The molecular formula is C17H34IN3OS. The third-order valence-corrected chi connectivity index (χ3v) is 6.37. The molecule has 1 aliphatic heterocycles. The van der Waals surface area contributed by atoms with Crippen molar-refractivity contribution in [1.82, 2.24) is 10.2 Å². The van der Waals surface area contributed by atoms with Crippen molar-refractivity contribution in [3.63, 3.8) is 0 Å². The van der Waals surface area contributed by atoms with Crippen molar-refractivity contribution in [3.8, 4) is 0 Å². The molecule has 0 amide bonds. The van der Waals surface area contributed by atoms with Crippen LogP contribution in [0.4, 0.5) is 0 Å². The summed E-state index contributed by atoms with van der Waals surface area (Å²) in [4.78, 5) is 7.45. The van der Waals surface area contributed by atoms with E-state index in [1.807, 2.05) is 0 Å². The summed E-state index contributed by atoms with van der Waals surface area (Å²) in [5, 5.41) is 4.23. The minimum atomic E-state index is 0. The first-order valence-electron chi connectivity index (χ1n) is 8.74. The molecule has 1 atom stereocenters. The van der Waals surface area contributed by atoms with E-state index in [0.29, 0.717) is 5.41 Å². The number of ether oxygens (including phenoxy) is 1. The number of nitrogens with one attached hydrogen (secondary N) is 1. The molecule has 2 fully saturated rings. The molecule has 1 saturated carbocycles. The fraction of sp³-hybridized carbons (Fsp3) is 0.941. The van der Waals surface area contributed by atoms with Gasteiger partial charge in [0.2, 0.25) is 0 Å². The zero-order valence-corrected chi connectivity index (χ0v) is 18.3. The van der Waals surface area contributed by atoms with E-state index in [4.69, 9.17) is 9.73 Å². The SMILES string of the molecule is CCNC(=NCC1(CCOC)CC1)N1CCSC(C(C)C)C1.I. The molecule has 136 valence electrons. The number of nitrogens with zero attached hydrogens (tertiary/aromatic N) is 2. The molecule has 6 heteroatoms. The van der Waals surface area contributed by atoms with Crippen LogP contribution in [0.5, 0.6) is 0 Å². The molecular weight excluding hydrogens is 421 g/mol. The van der Waals surface area contributed by atoms with Gasteiger partial charge in [0.1, 0.15) is 0 Å². The Morgan fingerprint density at radius 1 is 1.43 bits per heavy atom. The van der Waals surface area contributed by atoms with Crippen LogP contribution in [-0.4, -0.2) is 61.8 Å². The molecule has 1 unspecified atom stereocenters. The minimum Gasteiger partial charge on any atom is -0.385 e. The van der Waals surface area contributed by atoms with Gasteiger partial charge in [0.25, 0.3) is 0 Å². The summed E-state index contributed by atoms with van der Waals surface area (Å²) in [7, 11) is 1.79. The summed E-state index contributed by atoms with van der Waals surface area (Å²) in [5.41, 5.74) is 0.429. The smallest absolute Gasteiger partial charge is 0.193 e. The lowest BCUT2D eigenvalue weighted by molar-refractivity contribution is 0.174. The summed E-state index contributed by atoms with van der Waals surface area (Å²) >= 11 is 2.12. The second kappa shape index (κ2) is 10.3. The number of methoxy groups -OCH3 is 1. The molecule has 1 aliphatic carbocycles. The Bertz CT molecular complexity index is 375. The summed E-state index contributed by atoms with van der Waals surface area (Å²) in [6.07, 6.45) is 3.77. The highest BCUT2D eigenvalue weighted by Crippen LogP contribution is 2.49. The average Bonchev–Trinajstić information content (AvgIpc) is 3.30. The molecule has 0 aromatic carbocycles. The van der Waals surface area contributed by atoms with Crippen molar-refractivity contribution in [2.45, 2.75) is 45.3 Å². The number of guanidine groups is 1. The highest BCUT2D eigenvalue weighted by molar-refractivity contribution is 14.0. The zero-order chi connectivity index (χ0) is 16.0. The molecule has 23 heavy (non-hydrogen) atoms. The number of hydrogen-bond acceptors (Lipinski definition) is 3. The van der Waals surface area contributed by atoms with E-state index >= 15 is 0 Å². The number of halogens is 1. The first kappa shape index (κ1) is 21.4. The third kappa shape index (κ3) is 6.61. The summed E-state index contributed by atoms with van der Waals surface area (Å²) in [5.74, 6) is 3.06. The van der Waals surface area contributed by atoms with E-state index < -0.39 is 0 Å². The second-order valence-electron chi connectivity index (χ2n) is 7.01. The van der Waals surface area contributed by atoms with Crippen molar-refractivity contribution in [2.75, 3.05) is 45.6 Å². The van der Waals surface area contributed by atoms with E-state index in [0.717, 1.165) is 56.3 Å². The van der Waals surface area contributed by atoms with Crippen LogP contribution < -0.4 is 5.32 Å². The van der Waals surface area contributed by atoms with Gasteiger partial charge in [0, 0.05) is 50.9 Å². The van der Waals surface area contributed by atoms with Gasteiger partial charge >= 0.3 is 0 Å². The zero-order valence-electron chi connectivity index (χ0n) is 15.1. The Morgan fingerprint density at radius 3 is 2.74 bits per heavy atom. The molecule has 0 radical (unpaired) electrons. The van der Waals surface area contributed by atoms with Gasteiger partial charge in [-0.05, 0) is 37.5 Å². The lowest BCUT2D eigenvalue weighted by atomic mass is 10.0. The van der Waals surface area contributed by atoms with Crippen LogP contribution in [0, 0.1) is 11.3 Å². The molecule has 1 saturated heterocycles. The maximum absolute atomic E-state index is 5.25. The predicted molar refractivity (Wildman–Crippen MR) is 112 cm³/mol. The van der Waals surface area contributed by atoms with E-state index in [1.165, 1.54) is 18.6 Å². The number of hydrogen-bond donors (Lipinski definition) is 1. The van der Waals surface area contributed by atoms with Gasteiger partial charge in [0.15, 0.2) is 5.96 Å². The van der Waals surface area contributed by atoms with Gasteiger partial charge < -0.3 is 15.0 Å². The Kier molecular flexibility index (Phi) is 9.59. The second-order valence-corrected chi connectivity index (χ2v) is 8.36. The molecule has 2 rings (SSSR count). The Balaban J connectivity index is 0.00000264. The quantitative estimate of drug-likeness (QED) is 0.363. The van der Waals surface area contributed by atoms with E-state index in [2.05, 4.69) is 42.7 Å². The summed E-state index contributed by atoms with van der Waals surface area (Å²) in [6.45, 7) is 11.8. The van der Waals surface area contributed by atoms with Crippen LogP contribution in [0.2, 0.25) is 0 Å². The van der Waals surface area contributed by atoms with Gasteiger partial charge in [-0.2, -0.15) is 11.8 Å². The topological polar surface area (TPSA) is 36.9 Å². The molecule has 0 spiro atoms. The van der Waals surface area contributed by atoms with Crippen LogP contribution in [0.25, 0.3) is 0 Å². The van der Waals surface area contributed by atoms with Crippen molar-refractivity contribution >= 4 is 41.7 Å². The fourth-order valence-corrected chi connectivity index (χ4v) is 4.22. The number of rotatable bonds is 7. The molecule has 2 aliphatic rings. The van der Waals surface area contributed by atoms with Crippen molar-refractivity contribution < 1.29 is 4.74 Å². The van der Waals surface area contributed by atoms with E-state index in [9.17, 15) is 0 Å². The Morgan fingerprint density at radius 2 is 2.17 bits per heavy atom. The minimum absolute atomic E-state index is 0. The van der Waals surface area contributed by atoms with Gasteiger partial charge in [0.05, 0.1) is 0 Å². The Hall–Kier alpha value is 0.310. The van der Waals surface area contributed by atoms with Crippen LogP contribution in [0.1, 0.15) is 40.0 Å². The van der Waals surface area contributed by atoms with Crippen molar-refractivity contribution in [3.05, 3.63) is 0 Å². The standard InChI is InChI=1S/C17H33N3OS.HI/c1-5-18-16(19-13-17(6-7-17)8-10-21-4)20-9-11-22-15(12-20)14(2)3;/h14-15H,5-13H2,1-4H3,(H,18,19);1H. The lowest BCUT2D eigenvalue weighted by Gasteiger charge is -2.36. The van der Waals surface area contributed by atoms with E-state index in [-0.39, 0.29) is 24.0 Å². The Labute approximate surface area is 163 Å². The summed E-state index contributed by atoms with van der Waals surface area (Å²) in [6, 6.07) is 0. The molecule has 0 aromatic heterocycles. The average molecular weight is 455 g/mol. The summed E-state index contributed by atoms with van der Waals surface area (Å²) < 4.78 is 5.25. The third-order valence-electron chi connectivity index (χ3n) is 4.83. The first-order chi connectivity index (χ1) is 10.6. The van der Waals surface area contributed by atoms with Gasteiger partial charge in [-0.3, -0.25) is 4.99 Å². The number of thioether (sulfide) groups is 1. The predicted octanol–water partition coefficient (Wildman–Crippen LogP) is 3.46. The fourth-order valence-electron chi connectivity index (χ4n) is 2.92. The highest BCUT2D eigenvalue weighted by Gasteiger charge is 2.42. The normalized spacial score (nSPS) is 23.6. The maximum Gasteiger partial charge on any atom is 0.193 e. The highest BCUT2D eigenvalue weighted by atomic mass is 127. The van der Waals surface area contributed by atoms with Crippen LogP contribution in [0.15, 0.2) is 4.99 Å². The van der Waals surface area contributed by atoms with Crippen molar-refractivity contribution in [1.29, 1.82) is 0 Å². The lowest BCUT2D eigenvalue weighted by Crippen LogP contribution is -2.49. The van der Waals surface area contributed by atoms with Crippen molar-refractivity contribution in [2.24, 2.45) is 16.3 Å². The molecule has 0 aromatic rings. The molecule has 1 N–H and O–H groups in total. The van der Waals surface area contributed by atoms with Crippen LogP contribution in [0.3, 0.4) is 0 Å². The van der Waals surface area contributed by atoms with Gasteiger partial charge in [-0.15, -0.1) is 24.0 Å². The molecule has 4 nitrogen and oxygen atoms in total.